The molecule has 1 N–H and O–H groups in total. The zero-order valence-corrected chi connectivity index (χ0v) is 17.6. The van der Waals surface area contributed by atoms with Crippen LogP contribution in [0.15, 0.2) is 36.4 Å². The highest BCUT2D eigenvalue weighted by molar-refractivity contribution is 6.31. The summed E-state index contributed by atoms with van der Waals surface area (Å²) >= 11 is 6.47. The molecule has 1 atom stereocenters. The molecule has 30 heavy (non-hydrogen) atoms. The van der Waals surface area contributed by atoms with Crippen molar-refractivity contribution in [3.05, 3.63) is 52.5 Å². The Labute approximate surface area is 180 Å². The number of rotatable bonds is 6. The van der Waals surface area contributed by atoms with Crippen LogP contribution in [0.1, 0.15) is 22.0 Å². The summed E-state index contributed by atoms with van der Waals surface area (Å²) in [5, 5.41) is 3.73. The minimum absolute atomic E-state index is 0.0503. The Morgan fingerprint density at radius 2 is 1.93 bits per heavy atom. The molecule has 1 fully saturated rings. The van der Waals surface area contributed by atoms with Crippen LogP contribution in [0.4, 0.5) is 0 Å². The van der Waals surface area contributed by atoms with E-state index in [1.807, 2.05) is 24.3 Å². The van der Waals surface area contributed by atoms with Crippen molar-refractivity contribution in [2.24, 2.45) is 0 Å². The van der Waals surface area contributed by atoms with E-state index in [2.05, 4.69) is 10.2 Å². The summed E-state index contributed by atoms with van der Waals surface area (Å²) in [6.45, 7) is 4.19. The lowest BCUT2D eigenvalue weighted by atomic mass is 10.0. The quantitative estimate of drug-likeness (QED) is 0.757. The molecule has 0 bridgehead atoms. The van der Waals surface area contributed by atoms with Crippen molar-refractivity contribution >= 4 is 17.5 Å². The Hall–Kier alpha value is -2.48. The molecule has 1 unspecified atom stereocenters. The molecule has 1 saturated heterocycles. The summed E-state index contributed by atoms with van der Waals surface area (Å²) in [7, 11) is 1.54. The molecule has 2 heterocycles. The molecule has 2 aromatic rings. The normalized spacial score (nSPS) is 17.3. The first kappa shape index (κ1) is 20.8. The number of amides is 1. The van der Waals surface area contributed by atoms with Crippen molar-refractivity contribution in [2.45, 2.75) is 6.04 Å². The lowest BCUT2D eigenvalue weighted by molar-refractivity contribution is 0.0162. The SMILES string of the molecule is COc1cc(C(=O)NCC(c2ccccc2Cl)N2CCOCC2)cc2c1OCCO2. The first-order valence-corrected chi connectivity index (χ1v) is 10.4. The van der Waals surface area contributed by atoms with Crippen molar-refractivity contribution < 1.29 is 23.7 Å². The Morgan fingerprint density at radius 3 is 2.70 bits per heavy atom. The zero-order valence-electron chi connectivity index (χ0n) is 16.9. The molecule has 0 radical (unpaired) electrons. The average Bonchev–Trinajstić information content (AvgIpc) is 2.80. The topological polar surface area (TPSA) is 69.3 Å². The van der Waals surface area contributed by atoms with Gasteiger partial charge in [-0.05, 0) is 23.8 Å². The van der Waals surface area contributed by atoms with Crippen molar-refractivity contribution in [3.63, 3.8) is 0 Å². The van der Waals surface area contributed by atoms with Crippen LogP contribution in [0.5, 0.6) is 17.2 Å². The number of hydrogen-bond acceptors (Lipinski definition) is 6. The predicted molar refractivity (Wildman–Crippen MR) is 113 cm³/mol. The van der Waals surface area contributed by atoms with Crippen LogP contribution in [0.25, 0.3) is 0 Å². The monoisotopic (exact) mass is 432 g/mol. The van der Waals surface area contributed by atoms with E-state index in [1.54, 1.807) is 19.2 Å². The number of hydrogen-bond donors (Lipinski definition) is 1. The molecule has 0 aliphatic carbocycles. The van der Waals surface area contributed by atoms with Crippen LogP contribution in [0, 0.1) is 0 Å². The van der Waals surface area contributed by atoms with Gasteiger partial charge in [-0.1, -0.05) is 29.8 Å². The minimum Gasteiger partial charge on any atom is -0.493 e. The number of benzene rings is 2. The maximum Gasteiger partial charge on any atom is 0.251 e. The number of halogens is 1. The summed E-state index contributed by atoms with van der Waals surface area (Å²) in [5.41, 5.74) is 1.44. The molecule has 2 aromatic carbocycles. The summed E-state index contributed by atoms with van der Waals surface area (Å²) in [4.78, 5) is 15.2. The molecule has 160 valence electrons. The van der Waals surface area contributed by atoms with Gasteiger partial charge in [-0.25, -0.2) is 0 Å². The summed E-state index contributed by atoms with van der Waals surface area (Å²) < 4.78 is 22.1. The van der Waals surface area contributed by atoms with Crippen LogP contribution < -0.4 is 19.5 Å². The highest BCUT2D eigenvalue weighted by Gasteiger charge is 2.26. The zero-order chi connectivity index (χ0) is 20.9. The second-order valence-electron chi connectivity index (χ2n) is 7.10. The van der Waals surface area contributed by atoms with Crippen molar-refractivity contribution in [1.82, 2.24) is 10.2 Å². The molecule has 2 aliphatic rings. The standard InChI is InChI=1S/C22H25ClN2O5/c1-27-19-12-15(13-20-21(19)30-11-10-29-20)22(26)24-14-18(25-6-8-28-9-7-25)16-4-2-3-5-17(16)23/h2-5,12-13,18H,6-11,14H2,1H3,(H,24,26). The Balaban J connectivity index is 1.53. The Morgan fingerprint density at radius 1 is 1.17 bits per heavy atom. The van der Waals surface area contributed by atoms with Gasteiger partial charge in [0, 0.05) is 30.2 Å². The Bertz CT molecular complexity index is 884. The molecular weight excluding hydrogens is 408 g/mol. The van der Waals surface area contributed by atoms with Gasteiger partial charge in [0.25, 0.3) is 5.91 Å². The number of ether oxygens (including phenoxy) is 4. The van der Waals surface area contributed by atoms with Gasteiger partial charge >= 0.3 is 0 Å². The molecule has 2 aliphatic heterocycles. The summed E-state index contributed by atoms with van der Waals surface area (Å²) in [5.74, 6) is 1.31. The maximum absolute atomic E-state index is 13.0. The number of nitrogens with zero attached hydrogens (tertiary/aromatic N) is 1. The van der Waals surface area contributed by atoms with Crippen molar-refractivity contribution in [3.8, 4) is 17.2 Å². The van der Waals surface area contributed by atoms with Crippen LogP contribution >= 0.6 is 11.6 Å². The molecule has 8 heteroatoms. The van der Waals surface area contributed by atoms with E-state index in [4.69, 9.17) is 30.5 Å². The van der Waals surface area contributed by atoms with Crippen molar-refractivity contribution in [1.29, 1.82) is 0 Å². The number of methoxy groups -OCH3 is 1. The van der Waals surface area contributed by atoms with Crippen molar-refractivity contribution in [2.75, 3.05) is 53.2 Å². The van der Waals surface area contributed by atoms with Gasteiger partial charge in [-0.15, -0.1) is 0 Å². The van der Waals surface area contributed by atoms with Gasteiger partial charge in [0.05, 0.1) is 26.4 Å². The van der Waals surface area contributed by atoms with E-state index in [1.165, 1.54) is 0 Å². The van der Waals surface area contributed by atoms with E-state index in [9.17, 15) is 4.79 Å². The molecule has 0 spiro atoms. The molecular formula is C22H25ClN2O5. The Kier molecular flexibility index (Phi) is 6.62. The van der Waals surface area contributed by atoms with E-state index < -0.39 is 0 Å². The second-order valence-corrected chi connectivity index (χ2v) is 7.51. The third kappa shape index (κ3) is 4.48. The van der Waals surface area contributed by atoms with Crippen LogP contribution in [0.2, 0.25) is 5.02 Å². The molecule has 0 saturated carbocycles. The number of nitrogens with one attached hydrogen (secondary N) is 1. The summed E-state index contributed by atoms with van der Waals surface area (Å²) in [6.07, 6.45) is 0. The van der Waals surface area contributed by atoms with E-state index >= 15 is 0 Å². The number of morpholine rings is 1. The van der Waals surface area contributed by atoms with Gasteiger partial charge in [-0.3, -0.25) is 9.69 Å². The molecule has 7 nitrogen and oxygen atoms in total. The second kappa shape index (κ2) is 9.55. The number of carbonyl (C=O) groups excluding carboxylic acids is 1. The maximum atomic E-state index is 13.0. The van der Waals surface area contributed by atoms with Gasteiger partial charge in [-0.2, -0.15) is 0 Å². The van der Waals surface area contributed by atoms with Crippen LogP contribution in [-0.4, -0.2) is 64.0 Å². The smallest absolute Gasteiger partial charge is 0.251 e. The lowest BCUT2D eigenvalue weighted by Gasteiger charge is -2.35. The third-order valence-electron chi connectivity index (χ3n) is 5.30. The van der Waals surface area contributed by atoms with Gasteiger partial charge in [0.15, 0.2) is 11.5 Å². The number of fused-ring (bicyclic) bond motifs is 1. The fourth-order valence-electron chi connectivity index (χ4n) is 3.77. The van der Waals surface area contributed by atoms with E-state index in [0.29, 0.717) is 60.8 Å². The van der Waals surface area contributed by atoms with Gasteiger partial charge < -0.3 is 24.3 Å². The van der Waals surface area contributed by atoms with Crippen LogP contribution in [-0.2, 0) is 4.74 Å². The first-order valence-electron chi connectivity index (χ1n) is 9.99. The molecule has 0 aromatic heterocycles. The van der Waals surface area contributed by atoms with Gasteiger partial charge in [0.1, 0.15) is 13.2 Å². The minimum atomic E-state index is -0.212. The lowest BCUT2D eigenvalue weighted by Crippen LogP contribution is -2.44. The van der Waals surface area contributed by atoms with Gasteiger partial charge in [0.2, 0.25) is 5.75 Å². The molecule has 4 rings (SSSR count). The highest BCUT2D eigenvalue weighted by atomic mass is 35.5. The highest BCUT2D eigenvalue weighted by Crippen LogP contribution is 2.40. The van der Waals surface area contributed by atoms with Crippen LogP contribution in [0.3, 0.4) is 0 Å². The summed E-state index contributed by atoms with van der Waals surface area (Å²) in [6, 6.07) is 11.0. The molecule has 1 amide bonds. The largest absolute Gasteiger partial charge is 0.493 e. The third-order valence-corrected chi connectivity index (χ3v) is 5.64. The first-order chi connectivity index (χ1) is 14.7. The predicted octanol–water partition coefficient (Wildman–Crippen LogP) is 2.92. The average molecular weight is 433 g/mol. The van der Waals surface area contributed by atoms with E-state index in [-0.39, 0.29) is 11.9 Å². The van der Waals surface area contributed by atoms with E-state index in [0.717, 1.165) is 18.7 Å². The fraction of sp³-hybridized carbons (Fsp3) is 0.409. The number of carbonyl (C=O) groups is 1. The fourth-order valence-corrected chi connectivity index (χ4v) is 4.03.